The Balaban J connectivity index is 2.27. The fraction of sp³-hybridized carbons (Fsp3) is 0.538. The van der Waals surface area contributed by atoms with Crippen LogP contribution in [0.15, 0.2) is 25.3 Å². The van der Waals surface area contributed by atoms with E-state index in [0.29, 0.717) is 6.04 Å². The Bertz CT molecular complexity index is 412. The molecule has 94 valence electrons. The second-order valence-corrected chi connectivity index (χ2v) is 8.04. The average Bonchev–Trinajstić information content (AvgIpc) is 2.66. The summed E-state index contributed by atoms with van der Waals surface area (Å²) in [4.78, 5) is 0. The average molecular weight is 379 g/mol. The number of likely N-dealkylation sites (N-methyl/N-ethyl adjacent to an activating group) is 1. The fourth-order valence-corrected chi connectivity index (χ4v) is 5.22. The number of allylic oxidation sites excluding steroid dienone is 1. The topological polar surface area (TPSA) is 12.0 Å². The first-order chi connectivity index (χ1) is 8.22. The minimum absolute atomic E-state index is 0.386. The van der Waals surface area contributed by atoms with Crippen molar-refractivity contribution < 1.29 is 0 Å². The number of hydrogen-bond acceptors (Lipinski definition) is 2. The van der Waals surface area contributed by atoms with E-state index in [0.717, 1.165) is 6.54 Å². The first-order valence-electron chi connectivity index (χ1n) is 6.09. The molecule has 4 heteroatoms. The minimum Gasteiger partial charge on any atom is -0.307 e. The monoisotopic (exact) mass is 377 g/mol. The first-order valence-corrected chi connectivity index (χ1v) is 8.49. The zero-order valence-electron chi connectivity index (χ0n) is 9.93. The molecule has 0 aromatic carbocycles. The van der Waals surface area contributed by atoms with Crippen molar-refractivity contribution in [2.24, 2.45) is 0 Å². The summed E-state index contributed by atoms with van der Waals surface area (Å²) < 4.78 is 2.43. The number of rotatable bonds is 4. The summed E-state index contributed by atoms with van der Waals surface area (Å²) in [5.74, 6) is 0. The van der Waals surface area contributed by atoms with Crippen LogP contribution in [0.2, 0.25) is 0 Å². The molecule has 1 aromatic heterocycles. The van der Waals surface area contributed by atoms with Gasteiger partial charge in [0, 0.05) is 0 Å². The quantitative estimate of drug-likeness (QED) is 0.689. The van der Waals surface area contributed by atoms with E-state index in [-0.39, 0.29) is 0 Å². The van der Waals surface area contributed by atoms with Crippen molar-refractivity contribution in [1.29, 1.82) is 0 Å². The van der Waals surface area contributed by atoms with Gasteiger partial charge in [-0.25, -0.2) is 0 Å². The van der Waals surface area contributed by atoms with Crippen LogP contribution in [0, 0.1) is 0 Å². The van der Waals surface area contributed by atoms with Crippen molar-refractivity contribution in [2.45, 2.75) is 38.6 Å². The Labute approximate surface area is 124 Å². The first kappa shape index (κ1) is 13.8. The molecule has 17 heavy (non-hydrogen) atoms. The maximum absolute atomic E-state index is 3.68. The van der Waals surface area contributed by atoms with Crippen molar-refractivity contribution >= 4 is 43.2 Å². The molecule has 0 bridgehead atoms. The number of nitrogens with one attached hydrogen (secondary N) is 1. The van der Waals surface area contributed by atoms with Crippen LogP contribution in [0.3, 0.4) is 0 Å². The SMILES string of the molecule is CCNC(C1=CCCCC1)c1cc(Br)sc1Br. The van der Waals surface area contributed by atoms with E-state index >= 15 is 0 Å². The smallest absolute Gasteiger partial charge is 0.0761 e. The van der Waals surface area contributed by atoms with Crippen LogP contribution in [0.25, 0.3) is 0 Å². The maximum Gasteiger partial charge on any atom is 0.0761 e. The maximum atomic E-state index is 3.68. The number of hydrogen-bond donors (Lipinski definition) is 1. The highest BCUT2D eigenvalue weighted by Gasteiger charge is 2.21. The molecule has 0 fully saturated rings. The van der Waals surface area contributed by atoms with Gasteiger partial charge in [-0.2, -0.15) is 0 Å². The van der Waals surface area contributed by atoms with Gasteiger partial charge in [0.2, 0.25) is 0 Å². The van der Waals surface area contributed by atoms with E-state index in [4.69, 9.17) is 0 Å². The Morgan fingerprint density at radius 3 is 2.76 bits per heavy atom. The molecule has 0 aliphatic heterocycles. The van der Waals surface area contributed by atoms with E-state index in [2.05, 4.69) is 56.2 Å². The van der Waals surface area contributed by atoms with Gasteiger partial charge in [-0.3, -0.25) is 0 Å². The van der Waals surface area contributed by atoms with Gasteiger partial charge in [0.05, 0.1) is 13.6 Å². The number of halogens is 2. The Kier molecular flexibility index (Phi) is 5.27. The van der Waals surface area contributed by atoms with E-state index < -0.39 is 0 Å². The lowest BCUT2D eigenvalue weighted by atomic mass is 9.91. The second kappa shape index (κ2) is 6.50. The molecule has 0 radical (unpaired) electrons. The van der Waals surface area contributed by atoms with E-state index in [1.165, 1.54) is 38.8 Å². The normalized spacial score (nSPS) is 17.9. The van der Waals surface area contributed by atoms with Gasteiger partial charge >= 0.3 is 0 Å². The molecule has 1 aliphatic carbocycles. The molecule has 1 nitrogen and oxygen atoms in total. The highest BCUT2D eigenvalue weighted by molar-refractivity contribution is 9.12. The molecule has 1 heterocycles. The molecule has 2 rings (SSSR count). The van der Waals surface area contributed by atoms with E-state index in [9.17, 15) is 0 Å². The van der Waals surface area contributed by atoms with E-state index in [1.54, 1.807) is 16.9 Å². The molecule has 1 aliphatic rings. The molecular formula is C13H17Br2NS. The minimum atomic E-state index is 0.386. The summed E-state index contributed by atoms with van der Waals surface area (Å²) in [6, 6.07) is 2.62. The van der Waals surface area contributed by atoms with Crippen LogP contribution in [-0.2, 0) is 0 Å². The van der Waals surface area contributed by atoms with Crippen molar-refractivity contribution in [2.75, 3.05) is 6.54 Å². The Morgan fingerprint density at radius 2 is 2.24 bits per heavy atom. The molecule has 0 spiro atoms. The summed E-state index contributed by atoms with van der Waals surface area (Å²) >= 11 is 9.00. The lowest BCUT2D eigenvalue weighted by Crippen LogP contribution is -2.23. The lowest BCUT2D eigenvalue weighted by Gasteiger charge is -2.24. The molecular weight excluding hydrogens is 362 g/mol. The molecule has 1 atom stereocenters. The Hall–Kier alpha value is 0.360. The zero-order chi connectivity index (χ0) is 12.3. The summed E-state index contributed by atoms with van der Waals surface area (Å²) in [6.45, 7) is 3.17. The van der Waals surface area contributed by atoms with Crippen molar-refractivity contribution in [3.8, 4) is 0 Å². The van der Waals surface area contributed by atoms with Crippen LogP contribution >= 0.6 is 43.2 Å². The van der Waals surface area contributed by atoms with E-state index in [1.807, 2.05) is 0 Å². The summed E-state index contributed by atoms with van der Waals surface area (Å²) in [5, 5.41) is 3.61. The van der Waals surface area contributed by atoms with Crippen LogP contribution in [0.1, 0.15) is 44.2 Å². The van der Waals surface area contributed by atoms with Gasteiger partial charge in [0.25, 0.3) is 0 Å². The molecule has 0 amide bonds. The fourth-order valence-electron chi connectivity index (χ4n) is 2.32. The third-order valence-electron chi connectivity index (χ3n) is 3.10. The van der Waals surface area contributed by atoms with Gasteiger partial charge in [0.15, 0.2) is 0 Å². The van der Waals surface area contributed by atoms with Gasteiger partial charge in [-0.1, -0.05) is 18.6 Å². The predicted molar refractivity (Wildman–Crippen MR) is 82.7 cm³/mol. The highest BCUT2D eigenvalue weighted by Crippen LogP contribution is 2.39. The Morgan fingerprint density at radius 1 is 1.41 bits per heavy atom. The zero-order valence-corrected chi connectivity index (χ0v) is 13.9. The van der Waals surface area contributed by atoms with Gasteiger partial charge in [-0.05, 0) is 75.7 Å². The van der Waals surface area contributed by atoms with Crippen molar-refractivity contribution in [3.05, 3.63) is 30.9 Å². The van der Waals surface area contributed by atoms with Crippen molar-refractivity contribution in [3.63, 3.8) is 0 Å². The summed E-state index contributed by atoms with van der Waals surface area (Å²) in [6.07, 6.45) is 7.57. The highest BCUT2D eigenvalue weighted by atomic mass is 79.9. The van der Waals surface area contributed by atoms with Crippen LogP contribution < -0.4 is 5.32 Å². The predicted octanol–water partition coefficient (Wildman–Crippen LogP) is 5.42. The van der Waals surface area contributed by atoms with Gasteiger partial charge in [-0.15, -0.1) is 11.3 Å². The van der Waals surface area contributed by atoms with Crippen LogP contribution in [0.4, 0.5) is 0 Å². The number of thiophene rings is 1. The standard InChI is InChI=1S/C13H17Br2NS/c1-2-16-12(9-6-4-3-5-7-9)10-8-11(14)17-13(10)15/h6,8,12,16H,2-5,7H2,1H3. The van der Waals surface area contributed by atoms with Crippen LogP contribution in [-0.4, -0.2) is 6.54 Å². The molecule has 1 aromatic rings. The molecule has 0 saturated heterocycles. The second-order valence-electron chi connectivity index (χ2n) is 4.30. The van der Waals surface area contributed by atoms with Gasteiger partial charge in [0.1, 0.15) is 0 Å². The lowest BCUT2D eigenvalue weighted by molar-refractivity contribution is 0.564. The summed E-state index contributed by atoms with van der Waals surface area (Å²) in [7, 11) is 0. The molecule has 0 saturated carbocycles. The largest absolute Gasteiger partial charge is 0.307 e. The molecule has 1 N–H and O–H groups in total. The van der Waals surface area contributed by atoms with Gasteiger partial charge < -0.3 is 5.32 Å². The third kappa shape index (κ3) is 3.43. The van der Waals surface area contributed by atoms with Crippen molar-refractivity contribution in [1.82, 2.24) is 5.32 Å². The summed E-state index contributed by atoms with van der Waals surface area (Å²) in [5.41, 5.74) is 2.93. The van der Waals surface area contributed by atoms with Crippen LogP contribution in [0.5, 0.6) is 0 Å². The molecule has 1 unspecified atom stereocenters. The third-order valence-corrected chi connectivity index (χ3v) is 5.48.